The molecule has 2 aliphatic heterocycles. The van der Waals surface area contributed by atoms with Gasteiger partial charge in [0.2, 0.25) is 10.0 Å². The minimum atomic E-state index is -3.77. The van der Waals surface area contributed by atoms with Gasteiger partial charge in [-0.25, -0.2) is 8.42 Å². The number of benzene rings is 2. The Morgan fingerprint density at radius 1 is 1.03 bits per heavy atom. The van der Waals surface area contributed by atoms with Gasteiger partial charge in [0.15, 0.2) is 0 Å². The van der Waals surface area contributed by atoms with Gasteiger partial charge >= 0.3 is 0 Å². The highest BCUT2D eigenvalue weighted by atomic mass is 32.2. The number of piperidine rings is 1. The summed E-state index contributed by atoms with van der Waals surface area (Å²) in [6.07, 6.45) is 3.62. The predicted octanol–water partition coefficient (Wildman–Crippen LogP) is 4.89. The number of thioether (sulfide) groups is 2. The molecule has 8 heteroatoms. The topological polar surface area (TPSA) is 63.7 Å². The van der Waals surface area contributed by atoms with Crippen molar-refractivity contribution in [2.24, 2.45) is 0 Å². The first-order chi connectivity index (χ1) is 15.9. The number of hydrogen-bond acceptors (Lipinski definition) is 6. The van der Waals surface area contributed by atoms with Crippen molar-refractivity contribution in [1.82, 2.24) is 4.31 Å². The monoisotopic (exact) mass is 505 g/mol. The summed E-state index contributed by atoms with van der Waals surface area (Å²) in [5.41, 5.74) is 2.07. The fourth-order valence-electron chi connectivity index (χ4n) is 4.67. The Hall–Kier alpha value is -1.32. The van der Waals surface area contributed by atoms with Gasteiger partial charge in [-0.1, -0.05) is 48.0 Å². The van der Waals surface area contributed by atoms with E-state index in [9.17, 15) is 13.2 Å². The number of rotatable bonds is 8. The van der Waals surface area contributed by atoms with E-state index in [2.05, 4.69) is 0 Å². The van der Waals surface area contributed by atoms with E-state index in [1.807, 2.05) is 72.9 Å². The molecule has 5 nitrogen and oxygen atoms in total. The van der Waals surface area contributed by atoms with Crippen molar-refractivity contribution < 1.29 is 17.9 Å². The summed E-state index contributed by atoms with van der Waals surface area (Å²) >= 11 is 3.86. The molecular formula is C25H31NO4S3. The molecular weight excluding hydrogens is 474 g/mol. The highest BCUT2D eigenvalue weighted by Crippen LogP contribution is 2.53. The van der Waals surface area contributed by atoms with Crippen LogP contribution in [0.15, 0.2) is 59.5 Å². The molecule has 2 aromatic carbocycles. The second-order valence-corrected chi connectivity index (χ2v) is 13.8. The van der Waals surface area contributed by atoms with E-state index >= 15 is 0 Å². The van der Waals surface area contributed by atoms with Crippen molar-refractivity contribution >= 4 is 39.8 Å². The van der Waals surface area contributed by atoms with Crippen molar-refractivity contribution in [3.63, 3.8) is 0 Å². The average Bonchev–Trinajstić information content (AvgIpc) is 2.80. The molecule has 2 atom stereocenters. The normalized spacial score (nSPS) is 23.4. The van der Waals surface area contributed by atoms with E-state index < -0.39 is 10.0 Å². The summed E-state index contributed by atoms with van der Waals surface area (Å²) < 4.78 is 35.3. The van der Waals surface area contributed by atoms with Crippen LogP contribution in [0, 0.1) is 6.92 Å². The van der Waals surface area contributed by atoms with Crippen LogP contribution >= 0.6 is 23.5 Å². The first-order valence-electron chi connectivity index (χ1n) is 11.4. The molecule has 0 aliphatic carbocycles. The van der Waals surface area contributed by atoms with Crippen LogP contribution in [0.4, 0.5) is 0 Å². The van der Waals surface area contributed by atoms with E-state index in [0.717, 1.165) is 41.8 Å². The zero-order valence-corrected chi connectivity index (χ0v) is 21.3. The summed E-state index contributed by atoms with van der Waals surface area (Å²) in [5, 5.41) is 0. The Morgan fingerprint density at radius 3 is 2.36 bits per heavy atom. The number of nitrogens with zero attached hydrogens (tertiary/aromatic N) is 1. The molecule has 2 saturated heterocycles. The summed E-state index contributed by atoms with van der Waals surface area (Å²) in [4.78, 5) is 11.9. The smallest absolute Gasteiger partial charge is 0.243 e. The number of aldehydes is 1. The molecule has 2 heterocycles. The predicted molar refractivity (Wildman–Crippen MR) is 136 cm³/mol. The van der Waals surface area contributed by atoms with Crippen LogP contribution in [0.1, 0.15) is 36.8 Å². The Bertz CT molecular complexity index is 1020. The van der Waals surface area contributed by atoms with Crippen LogP contribution in [0.5, 0.6) is 0 Å². The van der Waals surface area contributed by atoms with Crippen molar-refractivity contribution in [3.05, 3.63) is 65.7 Å². The number of sulfonamides is 1. The largest absolute Gasteiger partial charge is 0.375 e. The number of carbonyl (C=O) groups excluding carboxylic acids is 1. The second kappa shape index (κ2) is 11.0. The summed E-state index contributed by atoms with van der Waals surface area (Å²) in [6, 6.07) is 16.2. The highest BCUT2D eigenvalue weighted by molar-refractivity contribution is 8.18. The highest BCUT2D eigenvalue weighted by Gasteiger charge is 2.50. The molecule has 1 spiro atoms. The van der Waals surface area contributed by atoms with Crippen LogP contribution in [0.25, 0.3) is 0 Å². The average molecular weight is 506 g/mol. The van der Waals surface area contributed by atoms with Gasteiger partial charge in [-0.3, -0.25) is 0 Å². The second-order valence-electron chi connectivity index (χ2n) is 8.73. The van der Waals surface area contributed by atoms with Crippen LogP contribution < -0.4 is 0 Å². The van der Waals surface area contributed by atoms with E-state index in [-0.39, 0.29) is 27.5 Å². The van der Waals surface area contributed by atoms with Crippen molar-refractivity contribution in [3.8, 4) is 0 Å². The number of aryl methyl sites for hydroxylation is 1. The third kappa shape index (κ3) is 5.85. The van der Waals surface area contributed by atoms with E-state index in [0.29, 0.717) is 19.6 Å². The number of carbonyl (C=O) groups is 1. The molecule has 0 unspecified atom stereocenters. The molecule has 2 aliphatic rings. The fraction of sp³-hybridized carbons (Fsp3) is 0.480. The van der Waals surface area contributed by atoms with Crippen LogP contribution in [0.2, 0.25) is 0 Å². The first-order valence-corrected chi connectivity index (χ1v) is 14.8. The lowest BCUT2D eigenvalue weighted by atomic mass is 9.96. The van der Waals surface area contributed by atoms with Crippen molar-refractivity contribution in [2.75, 3.05) is 18.1 Å². The molecule has 0 saturated carbocycles. The van der Waals surface area contributed by atoms with Crippen LogP contribution in [-0.2, 0) is 26.2 Å². The number of hydrogen-bond donors (Lipinski definition) is 0. The Kier molecular flexibility index (Phi) is 8.23. The molecule has 0 aromatic heterocycles. The van der Waals surface area contributed by atoms with E-state index in [1.165, 1.54) is 0 Å². The van der Waals surface area contributed by atoms with Crippen molar-refractivity contribution in [2.45, 2.75) is 60.3 Å². The van der Waals surface area contributed by atoms with Crippen LogP contribution in [0.3, 0.4) is 0 Å². The zero-order valence-electron chi connectivity index (χ0n) is 18.9. The van der Waals surface area contributed by atoms with Gasteiger partial charge in [-0.2, -0.15) is 4.31 Å². The minimum absolute atomic E-state index is 0.0635. The minimum Gasteiger partial charge on any atom is -0.375 e. The summed E-state index contributed by atoms with van der Waals surface area (Å²) in [5.74, 6) is 2.15. The molecule has 2 fully saturated rings. The lowest BCUT2D eigenvalue weighted by Crippen LogP contribution is -2.58. The molecule has 178 valence electrons. The molecule has 0 N–H and O–H groups in total. The first kappa shape index (κ1) is 24.8. The summed E-state index contributed by atoms with van der Waals surface area (Å²) in [7, 11) is -3.77. The van der Waals surface area contributed by atoms with E-state index in [4.69, 9.17) is 4.74 Å². The molecule has 0 radical (unpaired) electrons. The Balaban J connectivity index is 1.64. The standard InChI is InChI=1S/C25H31NO4S3/c1-20-8-10-24(11-9-20)33(28,29)26-22(12-13-27)16-25(31-14-5-15-32-25)17-23(26)19-30-18-21-6-3-2-4-7-21/h2-4,6-11,13,22-23H,5,12,14-19H2,1H3/t22-,23+/m1/s1. The molecule has 2 aromatic rings. The quantitative estimate of drug-likeness (QED) is 0.476. The van der Waals surface area contributed by atoms with Gasteiger partial charge in [-0.05, 0) is 55.4 Å². The molecule has 4 rings (SSSR count). The Labute approximate surface area is 205 Å². The molecule has 33 heavy (non-hydrogen) atoms. The SMILES string of the molecule is Cc1ccc(S(=O)(=O)N2[C@H](CC=O)CC3(C[C@H]2COCc2ccccc2)SCCCS3)cc1. The maximum Gasteiger partial charge on any atom is 0.243 e. The lowest BCUT2D eigenvalue weighted by Gasteiger charge is -2.50. The lowest BCUT2D eigenvalue weighted by molar-refractivity contribution is -0.109. The third-order valence-corrected chi connectivity index (χ3v) is 11.6. The van der Waals surface area contributed by atoms with Gasteiger partial charge in [0.1, 0.15) is 6.29 Å². The van der Waals surface area contributed by atoms with Gasteiger partial charge in [-0.15, -0.1) is 23.5 Å². The Morgan fingerprint density at radius 2 is 1.70 bits per heavy atom. The molecule has 0 bridgehead atoms. The third-order valence-electron chi connectivity index (χ3n) is 6.22. The van der Waals surface area contributed by atoms with Crippen molar-refractivity contribution in [1.29, 1.82) is 0 Å². The van der Waals surface area contributed by atoms with Gasteiger partial charge in [0.25, 0.3) is 0 Å². The van der Waals surface area contributed by atoms with Gasteiger partial charge in [0, 0.05) is 12.5 Å². The number of ether oxygens (including phenoxy) is 1. The molecule has 0 amide bonds. The maximum atomic E-state index is 13.8. The maximum absolute atomic E-state index is 13.8. The van der Waals surface area contributed by atoms with E-state index in [1.54, 1.807) is 16.4 Å². The van der Waals surface area contributed by atoms with Crippen LogP contribution in [-0.4, -0.2) is 53.3 Å². The zero-order chi connectivity index (χ0) is 23.3. The van der Waals surface area contributed by atoms with Gasteiger partial charge < -0.3 is 9.53 Å². The summed E-state index contributed by atoms with van der Waals surface area (Å²) in [6.45, 7) is 2.67. The fourth-order valence-corrected chi connectivity index (χ4v) is 10.1. The van der Waals surface area contributed by atoms with Gasteiger partial charge in [0.05, 0.1) is 28.2 Å².